The number of hydrogen-bond donors (Lipinski definition) is 0. The molecule has 0 amide bonds. The molecule has 1 aromatic carbocycles. The molecule has 1 heteroatoms. The molecule has 0 N–H and O–H groups in total. The topological polar surface area (TPSA) is 0 Å². The van der Waals surface area contributed by atoms with E-state index < -0.39 is 0 Å². The summed E-state index contributed by atoms with van der Waals surface area (Å²) in [5.41, 5.74) is 1.50. The number of benzene rings is 1. The minimum absolute atomic E-state index is 1.24. The number of hydrogen-bond acceptors (Lipinski definition) is 0. The Morgan fingerprint density at radius 2 is 1.69 bits per heavy atom. The molecular formula is C15H24N+. The first-order chi connectivity index (χ1) is 7.85. The first-order valence-electron chi connectivity index (χ1n) is 6.74. The molecule has 88 valence electrons. The Morgan fingerprint density at radius 1 is 1.00 bits per heavy atom. The Bertz CT molecular complexity index is 298. The highest BCUT2D eigenvalue weighted by Gasteiger charge is 2.27. The van der Waals surface area contributed by atoms with Gasteiger partial charge in [0.1, 0.15) is 0 Å². The van der Waals surface area contributed by atoms with Gasteiger partial charge in [-0.3, -0.25) is 0 Å². The lowest BCUT2D eigenvalue weighted by Crippen LogP contribution is -2.52. The molecule has 0 bridgehead atoms. The fourth-order valence-corrected chi connectivity index (χ4v) is 2.89. The Kier molecular flexibility index (Phi) is 4.00. The molecule has 2 rings (SSSR count). The minimum atomic E-state index is 1.24. The number of nitrogens with zero attached hydrogens (tertiary/aromatic N) is 1. The van der Waals surface area contributed by atoms with E-state index in [0.717, 1.165) is 0 Å². The van der Waals surface area contributed by atoms with Crippen LogP contribution in [0.15, 0.2) is 30.3 Å². The van der Waals surface area contributed by atoms with Crippen molar-refractivity contribution in [3.8, 4) is 0 Å². The maximum Gasteiger partial charge on any atom is 0.0827 e. The predicted molar refractivity (Wildman–Crippen MR) is 69.4 cm³/mol. The fourth-order valence-electron chi connectivity index (χ4n) is 2.89. The zero-order chi connectivity index (χ0) is 11.3. The van der Waals surface area contributed by atoms with Gasteiger partial charge < -0.3 is 4.48 Å². The van der Waals surface area contributed by atoms with Crippen molar-refractivity contribution >= 4 is 0 Å². The molecule has 1 aliphatic rings. The van der Waals surface area contributed by atoms with Crippen LogP contribution in [-0.2, 0) is 6.42 Å². The zero-order valence-electron chi connectivity index (χ0n) is 10.5. The third-order valence-electron chi connectivity index (χ3n) is 4.15. The first kappa shape index (κ1) is 11.7. The first-order valence-corrected chi connectivity index (χ1v) is 6.74. The van der Waals surface area contributed by atoms with Gasteiger partial charge in [0.2, 0.25) is 0 Å². The molecular weight excluding hydrogens is 194 g/mol. The highest BCUT2D eigenvalue weighted by Crippen LogP contribution is 2.19. The number of likely N-dealkylation sites (tertiary alicyclic amines) is 1. The third-order valence-corrected chi connectivity index (χ3v) is 4.15. The van der Waals surface area contributed by atoms with Crippen molar-refractivity contribution in [1.29, 1.82) is 0 Å². The van der Waals surface area contributed by atoms with Gasteiger partial charge in [-0.15, -0.1) is 0 Å². The minimum Gasteiger partial charge on any atom is -0.324 e. The van der Waals surface area contributed by atoms with E-state index in [2.05, 4.69) is 37.3 Å². The molecule has 0 unspecified atom stereocenters. The zero-order valence-corrected chi connectivity index (χ0v) is 10.5. The second-order valence-corrected chi connectivity index (χ2v) is 5.12. The average molecular weight is 218 g/mol. The summed E-state index contributed by atoms with van der Waals surface area (Å²) in [6.07, 6.45) is 5.56. The Hall–Kier alpha value is -0.820. The molecule has 16 heavy (non-hydrogen) atoms. The van der Waals surface area contributed by atoms with Gasteiger partial charge in [-0.05, 0) is 31.7 Å². The molecule has 0 atom stereocenters. The van der Waals surface area contributed by atoms with E-state index in [-0.39, 0.29) is 0 Å². The monoisotopic (exact) mass is 218 g/mol. The molecule has 1 heterocycles. The largest absolute Gasteiger partial charge is 0.324 e. The summed E-state index contributed by atoms with van der Waals surface area (Å²) in [6, 6.07) is 10.9. The lowest BCUT2D eigenvalue weighted by molar-refractivity contribution is -0.930. The van der Waals surface area contributed by atoms with Crippen molar-refractivity contribution in [2.45, 2.75) is 32.6 Å². The van der Waals surface area contributed by atoms with Gasteiger partial charge in [-0.25, -0.2) is 0 Å². The summed E-state index contributed by atoms with van der Waals surface area (Å²) < 4.78 is 1.36. The molecule has 0 radical (unpaired) electrons. The van der Waals surface area contributed by atoms with Crippen LogP contribution in [0.5, 0.6) is 0 Å². The summed E-state index contributed by atoms with van der Waals surface area (Å²) in [4.78, 5) is 0. The molecule has 0 saturated carbocycles. The Balaban J connectivity index is 1.92. The average Bonchev–Trinajstić information content (AvgIpc) is 2.39. The van der Waals surface area contributed by atoms with Crippen molar-refractivity contribution in [1.82, 2.24) is 0 Å². The lowest BCUT2D eigenvalue weighted by Gasteiger charge is -2.41. The predicted octanol–water partition coefficient (Wildman–Crippen LogP) is 3.25. The summed E-state index contributed by atoms with van der Waals surface area (Å²) in [5, 5.41) is 0. The fraction of sp³-hybridized carbons (Fsp3) is 0.600. The van der Waals surface area contributed by atoms with Gasteiger partial charge in [0.15, 0.2) is 0 Å². The molecule has 0 aliphatic carbocycles. The van der Waals surface area contributed by atoms with Gasteiger partial charge >= 0.3 is 0 Å². The second kappa shape index (κ2) is 5.49. The van der Waals surface area contributed by atoms with Crippen LogP contribution in [0.3, 0.4) is 0 Å². The van der Waals surface area contributed by atoms with Gasteiger partial charge in [-0.1, -0.05) is 30.3 Å². The van der Waals surface area contributed by atoms with Gasteiger partial charge in [0.05, 0.1) is 26.2 Å². The number of rotatable bonds is 4. The normalized spacial score (nSPS) is 19.6. The quantitative estimate of drug-likeness (QED) is 0.681. The van der Waals surface area contributed by atoms with E-state index in [4.69, 9.17) is 0 Å². The van der Waals surface area contributed by atoms with E-state index in [0.29, 0.717) is 0 Å². The number of quaternary nitrogens is 1. The van der Waals surface area contributed by atoms with Crippen LogP contribution in [0.4, 0.5) is 0 Å². The SMILES string of the molecule is CC[N+]1(CCc2ccccc2)CCCCC1. The van der Waals surface area contributed by atoms with E-state index in [1.165, 1.54) is 61.9 Å². The van der Waals surface area contributed by atoms with Crippen molar-refractivity contribution in [2.75, 3.05) is 26.2 Å². The third kappa shape index (κ3) is 2.85. The van der Waals surface area contributed by atoms with Crippen LogP contribution in [0.1, 0.15) is 31.7 Å². The van der Waals surface area contributed by atoms with Crippen molar-refractivity contribution < 1.29 is 4.48 Å². The summed E-state index contributed by atoms with van der Waals surface area (Å²) in [6.45, 7) is 7.82. The van der Waals surface area contributed by atoms with E-state index in [1.807, 2.05) is 0 Å². The molecule has 1 fully saturated rings. The van der Waals surface area contributed by atoms with Crippen LogP contribution < -0.4 is 0 Å². The Morgan fingerprint density at radius 3 is 2.31 bits per heavy atom. The molecule has 0 spiro atoms. The van der Waals surface area contributed by atoms with E-state index in [1.54, 1.807) is 0 Å². The van der Waals surface area contributed by atoms with Crippen LogP contribution in [0, 0.1) is 0 Å². The number of likely N-dealkylation sites (N-methyl/N-ethyl adjacent to an activating group) is 1. The standard InChI is InChI=1S/C15H24N/c1-2-16(12-7-4-8-13-16)14-11-15-9-5-3-6-10-15/h3,5-6,9-10H,2,4,7-8,11-14H2,1H3/q+1. The molecule has 0 aromatic heterocycles. The van der Waals surface area contributed by atoms with Gasteiger partial charge in [-0.2, -0.15) is 0 Å². The van der Waals surface area contributed by atoms with Crippen LogP contribution in [0.25, 0.3) is 0 Å². The molecule has 1 aliphatic heterocycles. The van der Waals surface area contributed by atoms with Crippen molar-refractivity contribution in [2.24, 2.45) is 0 Å². The highest BCUT2D eigenvalue weighted by molar-refractivity contribution is 5.14. The van der Waals surface area contributed by atoms with Crippen molar-refractivity contribution in [3.05, 3.63) is 35.9 Å². The van der Waals surface area contributed by atoms with Crippen LogP contribution in [-0.4, -0.2) is 30.7 Å². The number of piperidine rings is 1. The molecule has 1 nitrogen and oxygen atoms in total. The summed E-state index contributed by atoms with van der Waals surface area (Å²) in [5.74, 6) is 0. The summed E-state index contributed by atoms with van der Waals surface area (Å²) in [7, 11) is 0. The van der Waals surface area contributed by atoms with Gasteiger partial charge in [0, 0.05) is 6.42 Å². The van der Waals surface area contributed by atoms with Crippen LogP contribution >= 0.6 is 0 Å². The van der Waals surface area contributed by atoms with E-state index in [9.17, 15) is 0 Å². The van der Waals surface area contributed by atoms with E-state index >= 15 is 0 Å². The second-order valence-electron chi connectivity index (χ2n) is 5.12. The van der Waals surface area contributed by atoms with Crippen LogP contribution in [0.2, 0.25) is 0 Å². The maximum absolute atomic E-state index is 2.36. The van der Waals surface area contributed by atoms with Gasteiger partial charge in [0.25, 0.3) is 0 Å². The highest BCUT2D eigenvalue weighted by atomic mass is 15.3. The Labute approximate surface area is 99.7 Å². The molecule has 1 saturated heterocycles. The molecule has 1 aromatic rings. The summed E-state index contributed by atoms with van der Waals surface area (Å²) >= 11 is 0. The van der Waals surface area contributed by atoms with Crippen molar-refractivity contribution in [3.63, 3.8) is 0 Å². The smallest absolute Gasteiger partial charge is 0.0827 e. The maximum atomic E-state index is 2.36. The lowest BCUT2D eigenvalue weighted by atomic mass is 10.1.